The first-order valence-corrected chi connectivity index (χ1v) is 8.26. The Bertz CT molecular complexity index is 675. The van der Waals surface area contributed by atoms with Crippen molar-refractivity contribution in [3.05, 3.63) is 35.7 Å². The molecule has 0 aliphatic carbocycles. The first-order chi connectivity index (χ1) is 10.8. The second-order valence-corrected chi connectivity index (χ2v) is 7.20. The highest BCUT2D eigenvalue weighted by Crippen LogP contribution is 2.24. The summed E-state index contributed by atoms with van der Waals surface area (Å²) in [6.45, 7) is 6.83. The predicted octanol–water partition coefficient (Wildman–Crippen LogP) is 2.98. The van der Waals surface area contributed by atoms with Gasteiger partial charge in [0.25, 0.3) is 0 Å². The molecule has 2 rings (SSSR count). The van der Waals surface area contributed by atoms with Crippen LogP contribution in [0.1, 0.15) is 37.0 Å². The summed E-state index contributed by atoms with van der Waals surface area (Å²) in [7, 11) is 1.97. The minimum absolute atomic E-state index is 0.0387. The Labute approximate surface area is 139 Å². The Hall–Kier alpha value is -2.02. The van der Waals surface area contributed by atoms with E-state index in [1.165, 1.54) is 12.1 Å². The molecule has 0 aliphatic rings. The van der Waals surface area contributed by atoms with Crippen LogP contribution in [0.15, 0.2) is 29.4 Å². The molecule has 1 heterocycles. The van der Waals surface area contributed by atoms with Gasteiger partial charge < -0.3 is 14.4 Å². The maximum absolute atomic E-state index is 10.8. The zero-order valence-electron chi connectivity index (χ0n) is 13.7. The molecule has 2 aromatic rings. The van der Waals surface area contributed by atoms with E-state index < -0.39 is 5.97 Å². The highest BCUT2D eigenvalue weighted by Gasteiger charge is 2.21. The van der Waals surface area contributed by atoms with Crippen LogP contribution < -0.4 is 4.74 Å². The van der Waals surface area contributed by atoms with Gasteiger partial charge in [-0.1, -0.05) is 32.5 Å². The van der Waals surface area contributed by atoms with Crippen molar-refractivity contribution in [2.24, 2.45) is 7.05 Å². The Morgan fingerprint density at radius 2 is 1.91 bits per heavy atom. The van der Waals surface area contributed by atoms with Gasteiger partial charge in [-0.15, -0.1) is 10.2 Å². The van der Waals surface area contributed by atoms with E-state index in [0.717, 1.165) is 16.7 Å². The van der Waals surface area contributed by atoms with Crippen LogP contribution in [0.3, 0.4) is 0 Å². The van der Waals surface area contributed by atoms with Crippen LogP contribution in [-0.4, -0.2) is 38.2 Å². The number of rotatable bonds is 6. The average molecular weight is 335 g/mol. The highest BCUT2D eigenvalue weighted by atomic mass is 32.2. The van der Waals surface area contributed by atoms with Crippen LogP contribution in [0.25, 0.3) is 0 Å². The van der Waals surface area contributed by atoms with Crippen molar-refractivity contribution in [2.45, 2.75) is 31.3 Å². The number of aromatic carboxylic acids is 1. The third kappa shape index (κ3) is 4.48. The normalized spacial score (nSPS) is 11.5. The summed E-state index contributed by atoms with van der Waals surface area (Å²) in [4.78, 5) is 10.8. The van der Waals surface area contributed by atoms with Crippen LogP contribution in [0, 0.1) is 0 Å². The van der Waals surface area contributed by atoms with Gasteiger partial charge in [0.1, 0.15) is 11.6 Å². The number of carbonyl (C=O) groups is 1. The van der Waals surface area contributed by atoms with E-state index in [0.29, 0.717) is 12.4 Å². The van der Waals surface area contributed by atoms with Gasteiger partial charge in [0, 0.05) is 18.2 Å². The Morgan fingerprint density at radius 1 is 1.26 bits per heavy atom. The monoisotopic (exact) mass is 335 g/mol. The van der Waals surface area contributed by atoms with Crippen molar-refractivity contribution in [1.29, 1.82) is 0 Å². The number of benzene rings is 1. The van der Waals surface area contributed by atoms with E-state index in [-0.39, 0.29) is 11.0 Å². The lowest BCUT2D eigenvalue weighted by Crippen LogP contribution is -2.17. The number of nitrogens with zero attached hydrogens (tertiary/aromatic N) is 3. The minimum atomic E-state index is -0.941. The zero-order valence-corrected chi connectivity index (χ0v) is 14.6. The van der Waals surface area contributed by atoms with Gasteiger partial charge in [0.2, 0.25) is 0 Å². The van der Waals surface area contributed by atoms with Crippen LogP contribution in [0.5, 0.6) is 5.75 Å². The molecular weight excluding hydrogens is 314 g/mol. The van der Waals surface area contributed by atoms with Gasteiger partial charge in [-0.05, 0) is 24.3 Å². The molecule has 0 spiro atoms. The van der Waals surface area contributed by atoms with Crippen molar-refractivity contribution in [2.75, 3.05) is 12.4 Å². The van der Waals surface area contributed by atoms with E-state index in [2.05, 4.69) is 31.0 Å². The first kappa shape index (κ1) is 17.3. The second-order valence-electron chi connectivity index (χ2n) is 6.14. The largest absolute Gasteiger partial charge is 0.493 e. The summed E-state index contributed by atoms with van der Waals surface area (Å²) in [5, 5.41) is 18.2. The molecule has 0 radical (unpaired) electrons. The topological polar surface area (TPSA) is 77.2 Å². The molecule has 6 nitrogen and oxygen atoms in total. The fourth-order valence-electron chi connectivity index (χ4n) is 2.08. The van der Waals surface area contributed by atoms with Gasteiger partial charge in [-0.25, -0.2) is 4.79 Å². The lowest BCUT2D eigenvalue weighted by molar-refractivity contribution is 0.0697. The molecule has 0 fully saturated rings. The van der Waals surface area contributed by atoms with Crippen LogP contribution >= 0.6 is 11.8 Å². The molecule has 1 N–H and O–H groups in total. The lowest BCUT2D eigenvalue weighted by atomic mass is 9.96. The number of ether oxygens (including phenoxy) is 1. The minimum Gasteiger partial charge on any atom is -0.493 e. The van der Waals surface area contributed by atoms with Crippen LogP contribution in [-0.2, 0) is 12.5 Å². The molecule has 0 saturated heterocycles. The molecule has 0 atom stereocenters. The molecule has 1 aromatic carbocycles. The summed E-state index contributed by atoms with van der Waals surface area (Å²) in [6.07, 6.45) is 0. The summed E-state index contributed by atoms with van der Waals surface area (Å²) >= 11 is 1.58. The molecule has 0 saturated carbocycles. The maximum Gasteiger partial charge on any atom is 0.335 e. The van der Waals surface area contributed by atoms with Gasteiger partial charge in [0.05, 0.1) is 12.2 Å². The Kier molecular flexibility index (Phi) is 5.30. The molecule has 7 heteroatoms. The molecule has 124 valence electrons. The van der Waals surface area contributed by atoms with Crippen LogP contribution in [0.4, 0.5) is 0 Å². The molecule has 0 bridgehead atoms. The van der Waals surface area contributed by atoms with Crippen molar-refractivity contribution in [3.63, 3.8) is 0 Å². The van der Waals surface area contributed by atoms with Crippen molar-refractivity contribution in [1.82, 2.24) is 14.8 Å². The summed E-state index contributed by atoms with van der Waals surface area (Å²) in [5.74, 6) is 1.40. The SMILES string of the molecule is Cn1c(SCCOc2ccc(C(=O)O)cc2)nnc1C(C)(C)C. The Morgan fingerprint density at radius 3 is 2.43 bits per heavy atom. The Balaban J connectivity index is 1.84. The van der Waals surface area contributed by atoms with Gasteiger partial charge in [-0.3, -0.25) is 0 Å². The van der Waals surface area contributed by atoms with Gasteiger partial charge in [-0.2, -0.15) is 0 Å². The summed E-state index contributed by atoms with van der Waals surface area (Å²) in [6, 6.07) is 6.38. The molecule has 23 heavy (non-hydrogen) atoms. The third-order valence-electron chi connectivity index (χ3n) is 3.19. The average Bonchev–Trinajstić information content (AvgIpc) is 2.85. The third-order valence-corrected chi connectivity index (χ3v) is 4.17. The molecule has 0 unspecified atom stereocenters. The predicted molar refractivity (Wildman–Crippen MR) is 89.3 cm³/mol. The van der Waals surface area contributed by atoms with E-state index in [1.54, 1.807) is 23.9 Å². The van der Waals surface area contributed by atoms with E-state index in [9.17, 15) is 4.79 Å². The molecule has 1 aromatic heterocycles. The number of carboxylic acids is 1. The van der Waals surface area contributed by atoms with Crippen molar-refractivity contribution < 1.29 is 14.6 Å². The van der Waals surface area contributed by atoms with Gasteiger partial charge >= 0.3 is 5.97 Å². The summed E-state index contributed by atoms with van der Waals surface area (Å²) < 4.78 is 7.61. The second kappa shape index (κ2) is 7.04. The molecule has 0 amide bonds. The van der Waals surface area contributed by atoms with Crippen molar-refractivity contribution in [3.8, 4) is 5.75 Å². The quantitative estimate of drug-likeness (QED) is 0.646. The van der Waals surface area contributed by atoms with Crippen LogP contribution in [0.2, 0.25) is 0 Å². The lowest BCUT2D eigenvalue weighted by Gasteiger charge is -2.16. The molecule has 0 aliphatic heterocycles. The maximum atomic E-state index is 10.8. The van der Waals surface area contributed by atoms with Gasteiger partial charge in [0.15, 0.2) is 5.16 Å². The standard InChI is InChI=1S/C16H21N3O3S/c1-16(2,3)14-17-18-15(19(14)4)23-10-9-22-12-7-5-11(6-8-12)13(20)21/h5-8H,9-10H2,1-4H3,(H,20,21). The summed E-state index contributed by atoms with van der Waals surface area (Å²) in [5.41, 5.74) is 0.212. The number of carboxylic acid groups (broad SMARTS) is 1. The smallest absolute Gasteiger partial charge is 0.335 e. The highest BCUT2D eigenvalue weighted by molar-refractivity contribution is 7.99. The van der Waals surface area contributed by atoms with E-state index in [4.69, 9.17) is 9.84 Å². The van der Waals surface area contributed by atoms with E-state index >= 15 is 0 Å². The first-order valence-electron chi connectivity index (χ1n) is 7.28. The van der Waals surface area contributed by atoms with E-state index in [1.807, 2.05) is 11.6 Å². The number of thioether (sulfide) groups is 1. The molecular formula is C16H21N3O3S. The number of hydrogen-bond donors (Lipinski definition) is 1. The number of hydrogen-bond acceptors (Lipinski definition) is 5. The zero-order chi connectivity index (χ0) is 17.0. The fraction of sp³-hybridized carbons (Fsp3) is 0.438. The number of aromatic nitrogens is 3. The van der Waals surface area contributed by atoms with Crippen molar-refractivity contribution >= 4 is 17.7 Å². The fourth-order valence-corrected chi connectivity index (χ4v) is 2.81.